The molecule has 1 heterocycles. The summed E-state index contributed by atoms with van der Waals surface area (Å²) in [4.78, 5) is 7.72. The molecule has 0 aromatic carbocycles. The van der Waals surface area contributed by atoms with Crippen molar-refractivity contribution < 1.29 is 0 Å². The van der Waals surface area contributed by atoms with Crippen LogP contribution in [0.1, 0.15) is 18.2 Å². The second-order valence-electron chi connectivity index (χ2n) is 2.43. The van der Waals surface area contributed by atoms with E-state index in [9.17, 15) is 0 Å². The van der Waals surface area contributed by atoms with Gasteiger partial charge < -0.3 is 11.5 Å². The molecule has 66 valence electrons. The number of hydrogen-bond acceptors (Lipinski definition) is 4. The summed E-state index contributed by atoms with van der Waals surface area (Å²) in [5.74, 6) is 0. The summed E-state index contributed by atoms with van der Waals surface area (Å²) in [5.41, 5.74) is 11.8. The fraction of sp³-hybridized carbons (Fsp3) is 0.429. The Morgan fingerprint density at radius 2 is 2.33 bits per heavy atom. The van der Waals surface area contributed by atoms with Crippen molar-refractivity contribution in [1.82, 2.24) is 9.97 Å². The van der Waals surface area contributed by atoms with Gasteiger partial charge in [0.15, 0.2) is 0 Å². The molecule has 12 heavy (non-hydrogen) atoms. The lowest BCUT2D eigenvalue weighted by Crippen LogP contribution is -2.16. The summed E-state index contributed by atoms with van der Waals surface area (Å²) < 4.78 is 0. The monoisotopic (exact) mass is 186 g/mol. The van der Waals surface area contributed by atoms with Gasteiger partial charge >= 0.3 is 0 Å². The Hall–Kier alpha value is -0.710. The number of nitrogens with zero attached hydrogens (tertiary/aromatic N) is 2. The van der Waals surface area contributed by atoms with Crippen molar-refractivity contribution in [2.24, 2.45) is 11.5 Å². The minimum Gasteiger partial charge on any atom is -0.330 e. The van der Waals surface area contributed by atoms with Gasteiger partial charge in [-0.25, -0.2) is 9.97 Å². The first-order valence-electron chi connectivity index (χ1n) is 3.68. The highest BCUT2D eigenvalue weighted by atomic mass is 35.5. The van der Waals surface area contributed by atoms with Gasteiger partial charge in [0.1, 0.15) is 0 Å². The maximum atomic E-state index is 5.75. The van der Waals surface area contributed by atoms with E-state index in [0.29, 0.717) is 13.0 Å². The average molecular weight is 187 g/mol. The van der Waals surface area contributed by atoms with E-state index in [1.165, 1.54) is 0 Å². The van der Waals surface area contributed by atoms with Gasteiger partial charge in [0.25, 0.3) is 0 Å². The lowest BCUT2D eigenvalue weighted by Gasteiger charge is -2.08. The Kier molecular flexibility index (Phi) is 3.40. The molecule has 5 heteroatoms. The highest BCUT2D eigenvalue weighted by Crippen LogP contribution is 2.11. The van der Waals surface area contributed by atoms with Gasteiger partial charge in [-0.1, -0.05) is 0 Å². The zero-order chi connectivity index (χ0) is 8.97. The summed E-state index contributed by atoms with van der Waals surface area (Å²) in [6.45, 7) is 0.544. The zero-order valence-corrected chi connectivity index (χ0v) is 7.33. The van der Waals surface area contributed by atoms with Crippen LogP contribution < -0.4 is 11.5 Å². The molecule has 0 fully saturated rings. The van der Waals surface area contributed by atoms with Crippen LogP contribution in [0.3, 0.4) is 0 Å². The van der Waals surface area contributed by atoms with Crippen LogP contribution in [0, 0.1) is 0 Å². The molecular weight excluding hydrogens is 176 g/mol. The summed E-state index contributed by atoms with van der Waals surface area (Å²) in [5, 5.41) is 0.222. The van der Waals surface area contributed by atoms with E-state index >= 15 is 0 Å². The standard InChI is InChI=1S/C7H11ClN4/c8-7-11-4-2-6(12-7)5(10)1-3-9/h2,4-5H,1,3,9-10H2. The van der Waals surface area contributed by atoms with Crippen LogP contribution in [-0.4, -0.2) is 16.5 Å². The first kappa shape index (κ1) is 9.38. The maximum Gasteiger partial charge on any atom is 0.222 e. The van der Waals surface area contributed by atoms with E-state index in [-0.39, 0.29) is 11.3 Å². The van der Waals surface area contributed by atoms with Gasteiger partial charge in [-0.15, -0.1) is 0 Å². The molecule has 1 aromatic rings. The van der Waals surface area contributed by atoms with Crippen LogP contribution in [0.5, 0.6) is 0 Å². The molecule has 1 unspecified atom stereocenters. The van der Waals surface area contributed by atoms with Gasteiger partial charge in [0.2, 0.25) is 5.28 Å². The Morgan fingerprint density at radius 3 is 2.92 bits per heavy atom. The van der Waals surface area contributed by atoms with E-state index in [1.54, 1.807) is 12.3 Å². The van der Waals surface area contributed by atoms with E-state index < -0.39 is 0 Å². The Labute approximate surface area is 75.9 Å². The first-order valence-corrected chi connectivity index (χ1v) is 4.06. The average Bonchev–Trinajstić information content (AvgIpc) is 2.05. The smallest absolute Gasteiger partial charge is 0.222 e. The minimum atomic E-state index is -0.143. The quantitative estimate of drug-likeness (QED) is 0.674. The van der Waals surface area contributed by atoms with E-state index in [0.717, 1.165) is 5.69 Å². The molecule has 0 saturated heterocycles. The second-order valence-corrected chi connectivity index (χ2v) is 2.77. The summed E-state index contributed by atoms with van der Waals surface area (Å²) in [6.07, 6.45) is 2.29. The van der Waals surface area contributed by atoms with Crippen molar-refractivity contribution in [2.75, 3.05) is 6.54 Å². The van der Waals surface area contributed by atoms with Crippen molar-refractivity contribution in [3.63, 3.8) is 0 Å². The topological polar surface area (TPSA) is 77.8 Å². The lowest BCUT2D eigenvalue weighted by molar-refractivity contribution is 0.640. The van der Waals surface area contributed by atoms with Crippen LogP contribution in [0.15, 0.2) is 12.3 Å². The van der Waals surface area contributed by atoms with Gasteiger partial charge in [0, 0.05) is 12.2 Å². The summed E-state index contributed by atoms with van der Waals surface area (Å²) in [6, 6.07) is 1.60. The fourth-order valence-corrected chi connectivity index (χ4v) is 1.04. The third-order valence-electron chi connectivity index (χ3n) is 1.51. The number of aromatic nitrogens is 2. The van der Waals surface area contributed by atoms with Gasteiger partial charge in [0.05, 0.1) is 5.69 Å². The zero-order valence-electron chi connectivity index (χ0n) is 6.57. The highest BCUT2D eigenvalue weighted by Gasteiger charge is 2.06. The number of rotatable bonds is 3. The SMILES string of the molecule is NCCC(N)c1ccnc(Cl)n1. The third-order valence-corrected chi connectivity index (χ3v) is 1.69. The number of halogens is 1. The molecule has 4 nitrogen and oxygen atoms in total. The summed E-state index contributed by atoms with van der Waals surface area (Å²) in [7, 11) is 0. The maximum absolute atomic E-state index is 5.75. The van der Waals surface area contributed by atoms with Crippen LogP contribution in [0.25, 0.3) is 0 Å². The Bertz CT molecular complexity index is 253. The number of nitrogens with two attached hydrogens (primary N) is 2. The second kappa shape index (κ2) is 4.35. The molecule has 0 saturated carbocycles. The van der Waals surface area contributed by atoms with Gasteiger partial charge in [-0.05, 0) is 30.6 Å². The minimum absolute atomic E-state index is 0.143. The van der Waals surface area contributed by atoms with Crippen LogP contribution >= 0.6 is 11.6 Å². The molecule has 0 amide bonds. The first-order chi connectivity index (χ1) is 5.74. The molecule has 1 rings (SSSR count). The van der Waals surface area contributed by atoms with Crippen LogP contribution in [0.4, 0.5) is 0 Å². The molecule has 0 bridgehead atoms. The van der Waals surface area contributed by atoms with E-state index in [4.69, 9.17) is 23.1 Å². The number of hydrogen-bond donors (Lipinski definition) is 2. The molecule has 0 aliphatic carbocycles. The van der Waals surface area contributed by atoms with E-state index in [2.05, 4.69) is 9.97 Å². The highest BCUT2D eigenvalue weighted by molar-refractivity contribution is 6.28. The van der Waals surface area contributed by atoms with Crippen molar-refractivity contribution >= 4 is 11.6 Å². The van der Waals surface area contributed by atoms with Crippen molar-refractivity contribution in [1.29, 1.82) is 0 Å². The largest absolute Gasteiger partial charge is 0.330 e. The third kappa shape index (κ3) is 2.41. The van der Waals surface area contributed by atoms with Gasteiger partial charge in [-0.3, -0.25) is 0 Å². The lowest BCUT2D eigenvalue weighted by atomic mass is 10.1. The molecule has 4 N–H and O–H groups in total. The Morgan fingerprint density at radius 1 is 1.58 bits per heavy atom. The molecule has 0 spiro atoms. The molecule has 0 aliphatic rings. The molecule has 1 atom stereocenters. The van der Waals surface area contributed by atoms with Crippen LogP contribution in [-0.2, 0) is 0 Å². The van der Waals surface area contributed by atoms with Crippen molar-refractivity contribution in [3.8, 4) is 0 Å². The van der Waals surface area contributed by atoms with E-state index in [1.807, 2.05) is 0 Å². The summed E-state index contributed by atoms with van der Waals surface area (Å²) >= 11 is 5.58. The normalized spacial score (nSPS) is 12.9. The Balaban J connectivity index is 2.73. The molecular formula is C7H11ClN4. The molecule has 1 aromatic heterocycles. The molecule has 0 aliphatic heterocycles. The van der Waals surface area contributed by atoms with Crippen molar-refractivity contribution in [2.45, 2.75) is 12.5 Å². The predicted molar refractivity (Wildman–Crippen MR) is 47.6 cm³/mol. The predicted octanol–water partition coefficient (Wildman–Crippen LogP) is 0.479. The molecule has 0 radical (unpaired) electrons. The fourth-order valence-electron chi connectivity index (χ4n) is 0.882. The van der Waals surface area contributed by atoms with Crippen molar-refractivity contribution in [3.05, 3.63) is 23.2 Å². The van der Waals surface area contributed by atoms with Crippen LogP contribution in [0.2, 0.25) is 5.28 Å². The van der Waals surface area contributed by atoms with Gasteiger partial charge in [-0.2, -0.15) is 0 Å².